The maximum Gasteiger partial charge on any atom is 0.326 e. The third-order valence-corrected chi connectivity index (χ3v) is 21.6. The highest BCUT2D eigenvalue weighted by molar-refractivity contribution is 7.09. The minimum absolute atomic E-state index is 0.000261. The van der Waals surface area contributed by atoms with Gasteiger partial charge in [0.05, 0.1) is 19.3 Å². The third kappa shape index (κ3) is 22.9. The molecule has 109 heavy (non-hydrogen) atoms. The standard InChI is InChI=1S/C75H103N19O14S/c76-73(77)82-29-11-24-52(87-63(98)49(34-44-16-3-1-4-17-44)35-45-18-5-2-6-19-45)64(99)88-53(25-12-30-83-74(78)79)68(103)91-32-14-28-58(91)70(105)93-42-50(96)38-59(93)66(101)85-40-62(97)86-55(39-51-23-15-33-109-51)65(100)90-56(43-95)69(104)92-41-48-22-8-7-20-46(48)36-61(92)71(106)94-57-27-10-9-21-47(57)37-60(94)67(102)89-54(72(107)108)26-13-31-84-75(80)81/h1-8,15-20,22-23,33,47,49-50,52-61,95-96H,9-14,21,24-32,34-43H2,(H,85,101)(H,86,97)(H,87,98)(H,88,99)(H,89,102)(H,90,100)(H,107,108)(H4,76,77,82)(H4,78,79,83)(H4,80,81,84). The van der Waals surface area contributed by atoms with Crippen LogP contribution < -0.4 is 66.3 Å². The van der Waals surface area contributed by atoms with Crippen molar-refractivity contribution in [2.24, 2.45) is 61.2 Å². The fourth-order valence-electron chi connectivity index (χ4n) is 15.3. The molecule has 588 valence electrons. The molecular weight excluding hydrogens is 1420 g/mol. The molecular formula is C75H103N19O14S. The lowest BCUT2D eigenvalue weighted by atomic mass is 9.84. The molecule has 5 aliphatic rings. The molecule has 0 bridgehead atoms. The van der Waals surface area contributed by atoms with Gasteiger partial charge in [-0.05, 0) is 123 Å². The highest BCUT2D eigenvalue weighted by Crippen LogP contribution is 2.42. The van der Waals surface area contributed by atoms with E-state index in [1.807, 2.05) is 66.7 Å². The molecule has 4 fully saturated rings. The second-order valence-corrected chi connectivity index (χ2v) is 29.5. The largest absolute Gasteiger partial charge is 0.480 e. The summed E-state index contributed by atoms with van der Waals surface area (Å²) in [6.07, 6.45) is 3.43. The van der Waals surface area contributed by atoms with Gasteiger partial charge in [-0.15, -0.1) is 11.3 Å². The van der Waals surface area contributed by atoms with Crippen LogP contribution in [0.2, 0.25) is 0 Å². The predicted octanol–water partition coefficient (Wildman–Crippen LogP) is -1.76. The Morgan fingerprint density at radius 1 is 0.523 bits per heavy atom. The number of amides is 10. The number of β-amino-alcohol motifs (C(OH)–C–C–N with tert-alkyl or cyclic N) is 1. The van der Waals surface area contributed by atoms with Crippen molar-refractivity contribution in [3.8, 4) is 0 Å². The van der Waals surface area contributed by atoms with Crippen molar-refractivity contribution in [1.29, 1.82) is 0 Å². The molecule has 1 aliphatic carbocycles. The van der Waals surface area contributed by atoms with E-state index in [1.54, 1.807) is 35.7 Å². The third-order valence-electron chi connectivity index (χ3n) is 20.7. The summed E-state index contributed by atoms with van der Waals surface area (Å²) in [6.45, 7) is -1.78. The summed E-state index contributed by atoms with van der Waals surface area (Å²) in [5.41, 5.74) is 36.7. The lowest BCUT2D eigenvalue weighted by molar-refractivity contribution is -0.153. The van der Waals surface area contributed by atoms with Crippen molar-refractivity contribution in [2.75, 3.05) is 45.9 Å². The number of carbonyl (C=O) groups is 11. The smallest absolute Gasteiger partial charge is 0.326 e. The highest BCUT2D eigenvalue weighted by atomic mass is 32.1. The molecule has 12 atom stereocenters. The number of carbonyl (C=O) groups excluding carboxylic acids is 10. The Morgan fingerprint density at radius 3 is 1.70 bits per heavy atom. The van der Waals surface area contributed by atoms with Gasteiger partial charge in [-0.3, -0.25) is 62.9 Å². The van der Waals surface area contributed by atoms with Crippen molar-refractivity contribution >= 4 is 94.3 Å². The Kier molecular flexibility index (Phi) is 30.1. The quantitative estimate of drug-likeness (QED) is 0.0136. The molecule has 9 rings (SSSR count). The van der Waals surface area contributed by atoms with E-state index in [4.69, 9.17) is 34.4 Å². The van der Waals surface area contributed by atoms with Gasteiger partial charge in [0.25, 0.3) is 0 Å². The van der Waals surface area contributed by atoms with Gasteiger partial charge in [-0.25, -0.2) is 4.79 Å². The molecule has 3 saturated heterocycles. The first kappa shape index (κ1) is 82.3. The summed E-state index contributed by atoms with van der Waals surface area (Å²) >= 11 is 1.27. The van der Waals surface area contributed by atoms with E-state index in [1.165, 1.54) is 26.0 Å². The number of hydrogen-bond acceptors (Lipinski definition) is 17. The lowest BCUT2D eigenvalue weighted by Crippen LogP contribution is -2.63. The zero-order chi connectivity index (χ0) is 78.3. The Bertz CT molecular complexity index is 3870. The molecule has 21 N–H and O–H groups in total. The average molecular weight is 1530 g/mol. The van der Waals surface area contributed by atoms with Crippen molar-refractivity contribution in [3.63, 3.8) is 0 Å². The van der Waals surface area contributed by atoms with Gasteiger partial charge in [0.1, 0.15) is 54.4 Å². The normalized spacial score (nSPS) is 20.7. The van der Waals surface area contributed by atoms with Gasteiger partial charge >= 0.3 is 5.97 Å². The van der Waals surface area contributed by atoms with Crippen LogP contribution in [-0.4, -0.2) is 230 Å². The molecule has 5 heterocycles. The number of nitrogens with two attached hydrogens (primary N) is 6. The Labute approximate surface area is 636 Å². The first-order valence-electron chi connectivity index (χ1n) is 37.2. The Balaban J connectivity index is 0.866. The van der Waals surface area contributed by atoms with E-state index in [0.717, 1.165) is 34.4 Å². The van der Waals surface area contributed by atoms with Crippen molar-refractivity contribution in [2.45, 2.75) is 189 Å². The Hall–Kier alpha value is -10.7. The monoisotopic (exact) mass is 1530 g/mol. The van der Waals surface area contributed by atoms with Gasteiger partial charge in [-0.2, -0.15) is 0 Å². The molecule has 3 aromatic carbocycles. The van der Waals surface area contributed by atoms with Crippen LogP contribution in [0, 0.1) is 11.8 Å². The zero-order valence-electron chi connectivity index (χ0n) is 61.0. The summed E-state index contributed by atoms with van der Waals surface area (Å²) in [4.78, 5) is 177. The van der Waals surface area contributed by atoms with Crippen LogP contribution in [0.5, 0.6) is 0 Å². The van der Waals surface area contributed by atoms with E-state index in [2.05, 4.69) is 46.9 Å². The van der Waals surface area contributed by atoms with Gasteiger partial charge in [-0.1, -0.05) is 104 Å². The second kappa shape index (κ2) is 39.9. The topological polar surface area (TPSA) is 527 Å². The number of nitrogens with one attached hydrogen (secondary N) is 6. The molecule has 33 nitrogen and oxygen atoms in total. The summed E-state index contributed by atoms with van der Waals surface area (Å²) in [7, 11) is 0. The number of rotatable bonds is 36. The van der Waals surface area contributed by atoms with Crippen LogP contribution in [0.4, 0.5) is 0 Å². The van der Waals surface area contributed by atoms with Crippen LogP contribution in [-0.2, 0) is 85.0 Å². The summed E-state index contributed by atoms with van der Waals surface area (Å²) in [5, 5.41) is 50.3. The number of aliphatic carboxylic acids is 1. The molecule has 1 saturated carbocycles. The minimum Gasteiger partial charge on any atom is -0.480 e. The van der Waals surface area contributed by atoms with E-state index in [0.29, 0.717) is 42.5 Å². The number of guanidine groups is 3. The molecule has 12 unspecified atom stereocenters. The van der Waals surface area contributed by atoms with Crippen LogP contribution in [0.25, 0.3) is 0 Å². The van der Waals surface area contributed by atoms with Crippen LogP contribution >= 0.6 is 11.3 Å². The number of carboxylic acid groups (broad SMARTS) is 1. The van der Waals surface area contributed by atoms with Crippen LogP contribution in [0.1, 0.15) is 117 Å². The first-order valence-corrected chi connectivity index (χ1v) is 38.1. The van der Waals surface area contributed by atoms with Gasteiger partial charge in [0.2, 0.25) is 59.1 Å². The number of fused-ring (bicyclic) bond motifs is 2. The van der Waals surface area contributed by atoms with Gasteiger partial charge in [0.15, 0.2) is 17.9 Å². The molecule has 0 spiro atoms. The first-order chi connectivity index (χ1) is 52.4. The van der Waals surface area contributed by atoms with Gasteiger partial charge < -0.3 is 101 Å². The molecule has 4 aliphatic heterocycles. The van der Waals surface area contributed by atoms with E-state index in [-0.39, 0.29) is 134 Å². The second-order valence-electron chi connectivity index (χ2n) is 28.5. The van der Waals surface area contributed by atoms with Gasteiger partial charge in [0, 0.05) is 75.4 Å². The van der Waals surface area contributed by atoms with Crippen LogP contribution in [0.3, 0.4) is 0 Å². The fourth-order valence-corrected chi connectivity index (χ4v) is 16.1. The molecule has 0 radical (unpaired) electrons. The highest BCUT2D eigenvalue weighted by Gasteiger charge is 2.52. The fraction of sp³-hybridized carbons (Fsp3) is 0.520. The van der Waals surface area contributed by atoms with Crippen molar-refractivity contribution in [1.82, 2.24) is 51.5 Å². The van der Waals surface area contributed by atoms with Crippen LogP contribution in [0.15, 0.2) is 117 Å². The average Bonchev–Trinajstić information content (AvgIpc) is 1.69. The summed E-state index contributed by atoms with van der Waals surface area (Å²) in [5.74, 6) is -9.71. The number of benzene rings is 3. The molecule has 10 amide bonds. The number of carboxylic acids is 1. The maximum absolute atomic E-state index is 15.4. The molecule has 1 aromatic heterocycles. The maximum atomic E-state index is 15.4. The molecule has 34 heteroatoms. The van der Waals surface area contributed by atoms with Crippen molar-refractivity contribution < 1.29 is 68.1 Å². The van der Waals surface area contributed by atoms with E-state index in [9.17, 15) is 53.7 Å². The van der Waals surface area contributed by atoms with Crippen molar-refractivity contribution in [3.05, 3.63) is 130 Å². The van der Waals surface area contributed by atoms with E-state index >= 15 is 14.4 Å². The zero-order valence-corrected chi connectivity index (χ0v) is 61.9. The predicted molar refractivity (Wildman–Crippen MR) is 405 cm³/mol. The van der Waals surface area contributed by atoms with E-state index < -0.39 is 151 Å². The number of aliphatic hydroxyl groups excluding tert-OH is 2. The minimum atomic E-state index is -1.69. The lowest BCUT2D eigenvalue weighted by Gasteiger charge is -2.42. The summed E-state index contributed by atoms with van der Waals surface area (Å²) < 4.78 is 0. The number of likely N-dealkylation sites (tertiary alicyclic amines) is 3. The number of thiophene rings is 1. The Morgan fingerprint density at radius 2 is 1.09 bits per heavy atom. The number of nitrogens with zero attached hydrogens (tertiary/aromatic N) is 7. The summed E-state index contributed by atoms with van der Waals surface area (Å²) in [6, 6.07) is 17.3. The SMILES string of the molecule is NC(N)=NCCCC(NC(=O)C1CC2CCCCC2N1C(=O)C1Cc2ccccc2CN1C(=O)C(CO)NC(=O)C(Cc1cccs1)NC(=O)CNC(=O)C1CC(O)CN1C(=O)C1CCCN1C(=O)C(CCCN=C(N)N)NC(=O)C(CCCN=C(N)N)NC(=O)C(Cc1ccccc1)Cc1ccccc1)C(=O)O. The number of aliphatic imine (C=N–C) groups is 3. The number of hydrogen-bond donors (Lipinski definition) is 15. The molecule has 4 aromatic rings. The number of aliphatic hydroxyl groups is 2.